The number of aryl methyl sites for hydroxylation is 1. The Kier molecular flexibility index (Phi) is 5.15. The largest absolute Gasteiger partial charge is 0.337 e. The fraction of sp³-hybridized carbons (Fsp3) is 0.700. The van der Waals surface area contributed by atoms with Gasteiger partial charge in [0.25, 0.3) is 0 Å². The smallest absolute Gasteiger partial charge is 0.214 e. The quantitative estimate of drug-likeness (QED) is 0.861. The van der Waals surface area contributed by atoms with Gasteiger partial charge in [-0.15, -0.1) is 12.4 Å². The summed E-state index contributed by atoms with van der Waals surface area (Å²) >= 11 is 0. The molecule has 1 aliphatic rings. The Morgan fingerprint density at radius 1 is 1.56 bits per heavy atom. The van der Waals surface area contributed by atoms with Crippen molar-refractivity contribution in [1.29, 1.82) is 0 Å². The molecule has 0 amide bonds. The van der Waals surface area contributed by atoms with Gasteiger partial charge in [0.2, 0.25) is 10.0 Å². The van der Waals surface area contributed by atoms with Crippen molar-refractivity contribution in [2.45, 2.75) is 13.0 Å². The Morgan fingerprint density at radius 3 is 2.83 bits per heavy atom. The molecular formula is C10H19ClN4O2S. The van der Waals surface area contributed by atoms with Crippen LogP contribution in [0.3, 0.4) is 0 Å². The maximum absolute atomic E-state index is 12.0. The van der Waals surface area contributed by atoms with Crippen LogP contribution in [0.15, 0.2) is 12.4 Å². The SMILES string of the molecule is CCS(=O)(=O)N1CCNCC1c1nccn1C.Cl. The lowest BCUT2D eigenvalue weighted by Gasteiger charge is -2.34. The summed E-state index contributed by atoms with van der Waals surface area (Å²) in [4.78, 5) is 4.25. The minimum absolute atomic E-state index is 0. The van der Waals surface area contributed by atoms with Gasteiger partial charge in [0, 0.05) is 39.1 Å². The van der Waals surface area contributed by atoms with Crippen molar-refractivity contribution in [3.8, 4) is 0 Å². The van der Waals surface area contributed by atoms with E-state index in [1.54, 1.807) is 17.4 Å². The van der Waals surface area contributed by atoms with Gasteiger partial charge in [0.05, 0.1) is 11.8 Å². The molecule has 0 spiro atoms. The van der Waals surface area contributed by atoms with Crippen molar-refractivity contribution in [2.75, 3.05) is 25.4 Å². The Morgan fingerprint density at radius 2 is 2.28 bits per heavy atom. The molecule has 0 aromatic carbocycles. The van der Waals surface area contributed by atoms with E-state index < -0.39 is 10.0 Å². The third kappa shape index (κ3) is 2.85. The van der Waals surface area contributed by atoms with Crippen molar-refractivity contribution in [1.82, 2.24) is 19.2 Å². The normalized spacial score (nSPS) is 21.6. The van der Waals surface area contributed by atoms with E-state index in [1.165, 1.54) is 0 Å². The minimum Gasteiger partial charge on any atom is -0.337 e. The summed E-state index contributed by atoms with van der Waals surface area (Å²) < 4.78 is 27.5. The number of hydrogen-bond donors (Lipinski definition) is 1. The first-order valence-corrected chi connectivity index (χ1v) is 7.34. The van der Waals surface area contributed by atoms with Crippen LogP contribution < -0.4 is 5.32 Å². The number of rotatable bonds is 3. The van der Waals surface area contributed by atoms with Gasteiger partial charge >= 0.3 is 0 Å². The molecule has 1 aromatic heterocycles. The molecule has 1 N–H and O–H groups in total. The predicted octanol–water partition coefficient (Wildman–Crippen LogP) is 0.138. The molecule has 6 nitrogen and oxygen atoms in total. The third-order valence-corrected chi connectivity index (χ3v) is 4.95. The number of piperazine rings is 1. The van der Waals surface area contributed by atoms with Crippen molar-refractivity contribution in [3.63, 3.8) is 0 Å². The first-order chi connectivity index (χ1) is 8.06. The molecule has 2 heterocycles. The van der Waals surface area contributed by atoms with Crippen LogP contribution in [-0.2, 0) is 17.1 Å². The van der Waals surface area contributed by atoms with Gasteiger partial charge in [-0.1, -0.05) is 0 Å². The molecule has 0 saturated carbocycles. The number of imidazole rings is 1. The number of aromatic nitrogens is 2. The predicted molar refractivity (Wildman–Crippen MR) is 72.2 cm³/mol. The highest BCUT2D eigenvalue weighted by Crippen LogP contribution is 2.23. The molecule has 0 aliphatic carbocycles. The zero-order valence-electron chi connectivity index (χ0n) is 10.5. The van der Waals surface area contributed by atoms with Crippen LogP contribution in [0.1, 0.15) is 18.8 Å². The standard InChI is InChI=1S/C10H18N4O2S.ClH/c1-3-17(15,16)14-7-4-11-8-9(14)10-12-5-6-13(10)2;/h5-6,9,11H,3-4,7-8H2,1-2H3;1H. The summed E-state index contributed by atoms with van der Waals surface area (Å²) in [6, 6.07) is -0.200. The van der Waals surface area contributed by atoms with Gasteiger partial charge in [-0.05, 0) is 6.92 Å². The molecule has 1 aromatic rings. The molecule has 1 aliphatic heterocycles. The lowest BCUT2D eigenvalue weighted by atomic mass is 10.2. The fourth-order valence-electron chi connectivity index (χ4n) is 2.10. The van der Waals surface area contributed by atoms with Crippen LogP contribution in [0, 0.1) is 0 Å². The number of nitrogens with zero attached hydrogens (tertiary/aromatic N) is 3. The number of sulfonamides is 1. The van der Waals surface area contributed by atoms with E-state index in [1.807, 2.05) is 17.8 Å². The highest BCUT2D eigenvalue weighted by Gasteiger charge is 2.34. The second-order valence-electron chi connectivity index (χ2n) is 4.13. The van der Waals surface area contributed by atoms with Crippen LogP contribution in [0.5, 0.6) is 0 Å². The fourth-order valence-corrected chi connectivity index (χ4v) is 3.36. The highest BCUT2D eigenvalue weighted by atomic mass is 35.5. The summed E-state index contributed by atoms with van der Waals surface area (Å²) in [5.41, 5.74) is 0. The van der Waals surface area contributed by atoms with Gasteiger partial charge in [-0.3, -0.25) is 0 Å². The van der Waals surface area contributed by atoms with Crippen molar-refractivity contribution >= 4 is 22.4 Å². The average Bonchev–Trinajstić information content (AvgIpc) is 2.75. The Balaban J connectivity index is 0.00000162. The zero-order chi connectivity index (χ0) is 12.5. The number of halogens is 1. The molecule has 1 saturated heterocycles. The molecule has 8 heteroatoms. The second kappa shape index (κ2) is 6.01. The summed E-state index contributed by atoms with van der Waals surface area (Å²) in [7, 11) is -1.29. The van der Waals surface area contributed by atoms with Gasteiger partial charge < -0.3 is 9.88 Å². The van der Waals surface area contributed by atoms with E-state index in [4.69, 9.17) is 0 Å². The molecule has 104 valence electrons. The molecule has 2 rings (SSSR count). The lowest BCUT2D eigenvalue weighted by molar-refractivity contribution is 0.259. The first-order valence-electron chi connectivity index (χ1n) is 5.73. The van der Waals surface area contributed by atoms with Crippen molar-refractivity contribution in [3.05, 3.63) is 18.2 Å². The van der Waals surface area contributed by atoms with E-state index in [0.29, 0.717) is 19.6 Å². The Hall–Kier alpha value is -0.630. The maximum Gasteiger partial charge on any atom is 0.214 e. The van der Waals surface area contributed by atoms with Crippen LogP contribution in [0.2, 0.25) is 0 Å². The summed E-state index contributed by atoms with van der Waals surface area (Å²) in [6.45, 7) is 3.49. The zero-order valence-corrected chi connectivity index (χ0v) is 12.2. The first kappa shape index (κ1) is 15.4. The van der Waals surface area contributed by atoms with Crippen LogP contribution in [-0.4, -0.2) is 47.7 Å². The Bertz CT molecular complexity index is 488. The summed E-state index contributed by atoms with van der Waals surface area (Å²) in [6.07, 6.45) is 3.53. The van der Waals surface area contributed by atoms with E-state index >= 15 is 0 Å². The van der Waals surface area contributed by atoms with Crippen LogP contribution in [0.4, 0.5) is 0 Å². The average molecular weight is 295 g/mol. The lowest BCUT2D eigenvalue weighted by Crippen LogP contribution is -2.49. The summed E-state index contributed by atoms with van der Waals surface area (Å²) in [5, 5.41) is 3.22. The van der Waals surface area contributed by atoms with E-state index in [0.717, 1.165) is 5.82 Å². The topological polar surface area (TPSA) is 67.2 Å². The van der Waals surface area contributed by atoms with Crippen LogP contribution >= 0.6 is 12.4 Å². The van der Waals surface area contributed by atoms with Gasteiger partial charge in [0.15, 0.2) is 0 Å². The van der Waals surface area contributed by atoms with Crippen molar-refractivity contribution in [2.24, 2.45) is 7.05 Å². The van der Waals surface area contributed by atoms with Gasteiger partial charge in [0.1, 0.15) is 5.82 Å². The van der Waals surface area contributed by atoms with Gasteiger partial charge in [-0.2, -0.15) is 4.31 Å². The monoisotopic (exact) mass is 294 g/mol. The van der Waals surface area contributed by atoms with Crippen LogP contribution in [0.25, 0.3) is 0 Å². The molecule has 1 unspecified atom stereocenters. The van der Waals surface area contributed by atoms with E-state index in [9.17, 15) is 8.42 Å². The number of nitrogens with one attached hydrogen (secondary N) is 1. The highest BCUT2D eigenvalue weighted by molar-refractivity contribution is 7.89. The molecule has 18 heavy (non-hydrogen) atoms. The number of hydrogen-bond acceptors (Lipinski definition) is 4. The molecule has 1 atom stereocenters. The van der Waals surface area contributed by atoms with Crippen molar-refractivity contribution < 1.29 is 8.42 Å². The van der Waals surface area contributed by atoms with E-state index in [2.05, 4.69) is 10.3 Å². The molecular weight excluding hydrogens is 276 g/mol. The second-order valence-corrected chi connectivity index (χ2v) is 6.34. The maximum atomic E-state index is 12.0. The minimum atomic E-state index is -3.17. The Labute approximate surface area is 114 Å². The molecule has 0 radical (unpaired) electrons. The molecule has 0 bridgehead atoms. The van der Waals surface area contributed by atoms with E-state index in [-0.39, 0.29) is 24.2 Å². The summed E-state index contributed by atoms with van der Waals surface area (Å²) in [5.74, 6) is 0.919. The molecule has 1 fully saturated rings. The third-order valence-electron chi connectivity index (χ3n) is 3.07. The van der Waals surface area contributed by atoms with Gasteiger partial charge in [-0.25, -0.2) is 13.4 Å².